The van der Waals surface area contributed by atoms with Gasteiger partial charge in [-0.25, -0.2) is 32.2 Å². The molecule has 0 saturated heterocycles. The Morgan fingerprint density at radius 2 is 1.70 bits per heavy atom. The van der Waals surface area contributed by atoms with Crippen LogP contribution in [0.4, 0.5) is 18.9 Å². The van der Waals surface area contributed by atoms with Crippen molar-refractivity contribution in [3.05, 3.63) is 83.9 Å². The minimum Gasteiger partial charge on any atom is -0.435 e. The molecule has 0 bridgehead atoms. The number of halogens is 3. The van der Waals surface area contributed by atoms with E-state index in [9.17, 15) is 21.6 Å². The zero-order valence-electron chi connectivity index (χ0n) is 19.4. The number of anilines is 1. The molecular weight excluding hydrogens is 545 g/mol. The first-order chi connectivity index (χ1) is 17.7. The highest BCUT2D eigenvalue weighted by molar-refractivity contribution is 7.98. The Morgan fingerprint density at radius 1 is 0.946 bits per heavy atom. The van der Waals surface area contributed by atoms with Gasteiger partial charge in [-0.1, -0.05) is 23.9 Å². The highest BCUT2D eigenvalue weighted by Gasteiger charge is 2.25. The molecule has 0 radical (unpaired) electrons. The van der Waals surface area contributed by atoms with Crippen LogP contribution in [0.25, 0.3) is 11.3 Å². The topological polar surface area (TPSA) is 94.1 Å². The van der Waals surface area contributed by atoms with Crippen molar-refractivity contribution in [2.24, 2.45) is 0 Å². The molecular formula is C24H19F3N4O3S3. The van der Waals surface area contributed by atoms with Crippen LogP contribution in [0.1, 0.15) is 5.56 Å². The number of rotatable bonds is 9. The van der Waals surface area contributed by atoms with E-state index >= 15 is 0 Å². The van der Waals surface area contributed by atoms with Gasteiger partial charge in [-0.3, -0.25) is 4.72 Å². The predicted molar refractivity (Wildman–Crippen MR) is 138 cm³/mol. The van der Waals surface area contributed by atoms with Crippen molar-refractivity contribution in [1.29, 1.82) is 0 Å². The fourth-order valence-corrected chi connectivity index (χ4v) is 5.20. The highest BCUT2D eigenvalue weighted by atomic mass is 32.2. The molecule has 13 heteroatoms. The van der Waals surface area contributed by atoms with Crippen LogP contribution in [0.15, 0.2) is 71.0 Å². The molecule has 0 saturated carbocycles. The number of pyridine rings is 1. The van der Waals surface area contributed by atoms with E-state index in [0.717, 1.165) is 4.90 Å². The Balaban J connectivity index is 1.61. The summed E-state index contributed by atoms with van der Waals surface area (Å²) in [6, 6.07) is 11.9. The third-order valence-electron chi connectivity index (χ3n) is 4.97. The van der Waals surface area contributed by atoms with Crippen molar-refractivity contribution in [1.82, 2.24) is 15.0 Å². The van der Waals surface area contributed by atoms with E-state index in [1.165, 1.54) is 35.9 Å². The number of nitrogens with zero attached hydrogens (tertiary/aromatic N) is 3. The van der Waals surface area contributed by atoms with Crippen LogP contribution in [0.2, 0.25) is 0 Å². The lowest BCUT2D eigenvalue weighted by Crippen LogP contribution is -2.18. The van der Waals surface area contributed by atoms with Gasteiger partial charge in [0.05, 0.1) is 17.0 Å². The molecule has 2 aromatic heterocycles. The van der Waals surface area contributed by atoms with Crippen LogP contribution in [0.5, 0.6) is 11.6 Å². The molecule has 0 aliphatic carbocycles. The standard InChI is InChI=1S/C24H19F3N4O3S3/c1-35-15-7-5-14(6-8-15)13-37(32,33)31-22-17(25)12-19(20(26)21(22)27)34-23-16(4-3-10-28-23)18-9-11-29-24(30-18)36-2/h3-12,31H,13H2,1-2H3. The second kappa shape index (κ2) is 11.4. The molecule has 2 aromatic carbocycles. The van der Waals surface area contributed by atoms with E-state index in [2.05, 4.69) is 15.0 Å². The lowest BCUT2D eigenvalue weighted by molar-refractivity contribution is 0.401. The molecule has 4 rings (SSSR count). The van der Waals surface area contributed by atoms with Gasteiger partial charge in [0.15, 0.2) is 22.5 Å². The molecule has 192 valence electrons. The van der Waals surface area contributed by atoms with Gasteiger partial charge in [0.1, 0.15) is 5.69 Å². The average molecular weight is 565 g/mol. The number of hydrogen-bond acceptors (Lipinski definition) is 8. The smallest absolute Gasteiger partial charge is 0.237 e. The second-order valence-corrected chi connectivity index (χ2v) is 10.8. The monoisotopic (exact) mass is 564 g/mol. The van der Waals surface area contributed by atoms with Crippen LogP contribution in [0, 0.1) is 17.5 Å². The van der Waals surface area contributed by atoms with E-state index in [-0.39, 0.29) is 5.88 Å². The van der Waals surface area contributed by atoms with E-state index in [4.69, 9.17) is 4.74 Å². The summed E-state index contributed by atoms with van der Waals surface area (Å²) in [5, 5.41) is 0.465. The third kappa shape index (κ3) is 6.35. The van der Waals surface area contributed by atoms with Crippen LogP contribution < -0.4 is 9.46 Å². The summed E-state index contributed by atoms with van der Waals surface area (Å²) in [4.78, 5) is 13.4. The molecule has 1 N–H and O–H groups in total. The maximum absolute atomic E-state index is 14.9. The Bertz CT molecular complexity index is 1540. The summed E-state index contributed by atoms with van der Waals surface area (Å²) in [5.41, 5.74) is -0.0211. The van der Waals surface area contributed by atoms with Crippen molar-refractivity contribution in [2.45, 2.75) is 15.8 Å². The molecule has 2 heterocycles. The van der Waals surface area contributed by atoms with Gasteiger partial charge in [-0.2, -0.15) is 4.39 Å². The van der Waals surface area contributed by atoms with Gasteiger partial charge in [0.25, 0.3) is 0 Å². The van der Waals surface area contributed by atoms with Crippen molar-refractivity contribution in [3.8, 4) is 22.9 Å². The normalized spacial score (nSPS) is 11.4. The van der Waals surface area contributed by atoms with E-state index in [1.54, 1.807) is 53.4 Å². The van der Waals surface area contributed by atoms with Gasteiger partial charge >= 0.3 is 0 Å². The number of sulfonamides is 1. The molecule has 37 heavy (non-hydrogen) atoms. The van der Waals surface area contributed by atoms with E-state index < -0.39 is 44.7 Å². The number of thioether (sulfide) groups is 2. The van der Waals surface area contributed by atoms with Crippen LogP contribution in [-0.2, 0) is 15.8 Å². The lowest BCUT2D eigenvalue weighted by Gasteiger charge is -2.14. The van der Waals surface area contributed by atoms with Gasteiger partial charge in [0, 0.05) is 23.4 Å². The van der Waals surface area contributed by atoms with Gasteiger partial charge in [-0.15, -0.1) is 11.8 Å². The zero-order valence-corrected chi connectivity index (χ0v) is 21.9. The van der Waals surface area contributed by atoms with Gasteiger partial charge in [0.2, 0.25) is 21.7 Å². The van der Waals surface area contributed by atoms with Crippen molar-refractivity contribution < 1.29 is 26.3 Å². The Hall–Kier alpha value is -3.29. The van der Waals surface area contributed by atoms with Crippen molar-refractivity contribution in [3.63, 3.8) is 0 Å². The largest absolute Gasteiger partial charge is 0.435 e. The number of hydrogen-bond donors (Lipinski definition) is 1. The molecule has 0 aliphatic rings. The first-order valence-corrected chi connectivity index (χ1v) is 14.6. The molecule has 0 aliphatic heterocycles. The number of nitrogens with one attached hydrogen (secondary N) is 1. The SMILES string of the molecule is CSc1ccc(CS(=O)(=O)Nc2c(F)cc(Oc3ncccc3-c3ccnc(SC)n3)c(F)c2F)cc1. The number of aromatic nitrogens is 3. The summed E-state index contributed by atoms with van der Waals surface area (Å²) < 4.78 is 76.9. The quantitative estimate of drug-likeness (QED) is 0.147. The first-order valence-electron chi connectivity index (χ1n) is 10.5. The maximum atomic E-state index is 14.9. The predicted octanol–water partition coefficient (Wildman–Crippen LogP) is 6.13. The minimum absolute atomic E-state index is 0.159. The summed E-state index contributed by atoms with van der Waals surface area (Å²) in [6.45, 7) is 0. The maximum Gasteiger partial charge on any atom is 0.237 e. The third-order valence-corrected chi connectivity index (χ3v) is 7.50. The molecule has 0 amide bonds. The fraction of sp³-hybridized carbons (Fsp3) is 0.125. The minimum atomic E-state index is -4.26. The highest BCUT2D eigenvalue weighted by Crippen LogP contribution is 2.36. The fourth-order valence-electron chi connectivity index (χ4n) is 3.23. The van der Waals surface area contributed by atoms with E-state index in [1.807, 2.05) is 6.26 Å². The Kier molecular flexibility index (Phi) is 8.25. The molecule has 4 aromatic rings. The van der Waals surface area contributed by atoms with Crippen LogP contribution in [0.3, 0.4) is 0 Å². The number of ether oxygens (including phenoxy) is 1. The summed E-state index contributed by atoms with van der Waals surface area (Å²) in [5.74, 6) is -6.24. The lowest BCUT2D eigenvalue weighted by atomic mass is 10.2. The summed E-state index contributed by atoms with van der Waals surface area (Å²) in [6.07, 6.45) is 6.53. The summed E-state index contributed by atoms with van der Waals surface area (Å²) >= 11 is 2.78. The zero-order chi connectivity index (χ0) is 26.6. The average Bonchev–Trinajstić information content (AvgIpc) is 2.90. The molecule has 0 fully saturated rings. The van der Waals surface area contributed by atoms with Gasteiger partial charge < -0.3 is 4.74 Å². The Morgan fingerprint density at radius 3 is 2.41 bits per heavy atom. The van der Waals surface area contributed by atoms with Crippen molar-refractivity contribution >= 4 is 39.2 Å². The van der Waals surface area contributed by atoms with E-state index in [0.29, 0.717) is 28.0 Å². The van der Waals surface area contributed by atoms with Gasteiger partial charge in [-0.05, 0) is 48.4 Å². The molecule has 0 atom stereocenters. The summed E-state index contributed by atoms with van der Waals surface area (Å²) in [7, 11) is -4.26. The Labute approximate surface area is 220 Å². The molecule has 0 spiro atoms. The van der Waals surface area contributed by atoms with Crippen LogP contribution in [-0.4, -0.2) is 35.9 Å². The molecule has 0 unspecified atom stereocenters. The van der Waals surface area contributed by atoms with Crippen molar-refractivity contribution in [2.75, 3.05) is 17.2 Å². The number of benzene rings is 2. The molecule has 7 nitrogen and oxygen atoms in total. The first kappa shape index (κ1) is 26.8. The second-order valence-electron chi connectivity index (χ2n) is 7.46. The van der Waals surface area contributed by atoms with Crippen LogP contribution >= 0.6 is 23.5 Å².